The average Bonchev–Trinajstić information content (AvgIpc) is 3.21. The number of aryl methyl sites for hydroxylation is 1. The van der Waals surface area contributed by atoms with Gasteiger partial charge in [-0.3, -0.25) is 4.79 Å². The van der Waals surface area contributed by atoms with E-state index in [-0.39, 0.29) is 17.0 Å². The number of alkyl halides is 2. The Hall–Kier alpha value is -4.53. The molecule has 1 atom stereocenters. The summed E-state index contributed by atoms with van der Waals surface area (Å²) in [5, 5.41) is 15.6. The van der Waals surface area contributed by atoms with Crippen LogP contribution >= 0.6 is 0 Å². The van der Waals surface area contributed by atoms with Crippen LogP contribution in [0.5, 0.6) is 11.6 Å². The van der Waals surface area contributed by atoms with Crippen LogP contribution in [0.1, 0.15) is 51.4 Å². The molecule has 0 spiro atoms. The molecule has 3 aromatic carbocycles. The number of ether oxygens (including phenoxy) is 1. The Bertz CT molecular complexity index is 1390. The van der Waals surface area contributed by atoms with Gasteiger partial charge < -0.3 is 15.2 Å². The second-order valence-corrected chi connectivity index (χ2v) is 8.11. The maximum Gasteiger partial charge on any atom is 0.335 e. The zero-order valence-electron chi connectivity index (χ0n) is 19.5. The Balaban J connectivity index is 1.63. The van der Waals surface area contributed by atoms with Crippen LogP contribution in [0.15, 0.2) is 78.9 Å². The van der Waals surface area contributed by atoms with Gasteiger partial charge in [-0.15, -0.1) is 0 Å². The van der Waals surface area contributed by atoms with Crippen molar-refractivity contribution in [2.24, 2.45) is 7.05 Å². The molecule has 9 heteroatoms. The largest absolute Gasteiger partial charge is 0.478 e. The highest BCUT2D eigenvalue weighted by atomic mass is 19.3. The maximum atomic E-state index is 13.8. The second kappa shape index (κ2) is 10.4. The normalized spacial score (nSPS) is 11.8. The van der Waals surface area contributed by atoms with Gasteiger partial charge in [0.05, 0.1) is 11.6 Å². The van der Waals surface area contributed by atoms with Crippen LogP contribution in [-0.4, -0.2) is 26.8 Å². The standard InChI is InChI=1S/C27H23F2N3O4/c1-16(17-11-13-19(14-12-17)27(34)35)30-25(33)22-23(24(28)29)31-32(2)26(22)36-21-10-6-9-20(15-21)18-7-4-3-5-8-18/h3-16,24H,1-2H3,(H,30,33)(H,34,35). The fourth-order valence-electron chi connectivity index (χ4n) is 3.76. The minimum absolute atomic E-state index is 0.0953. The molecular formula is C27H23F2N3O4. The number of hydrogen-bond acceptors (Lipinski definition) is 4. The van der Waals surface area contributed by atoms with Crippen LogP contribution in [0.25, 0.3) is 11.1 Å². The van der Waals surface area contributed by atoms with E-state index in [9.17, 15) is 18.4 Å². The molecule has 0 aliphatic heterocycles. The molecular weight excluding hydrogens is 468 g/mol. The number of halogens is 2. The minimum Gasteiger partial charge on any atom is -0.478 e. The highest BCUT2D eigenvalue weighted by molar-refractivity contribution is 5.98. The number of carbonyl (C=O) groups is 2. The zero-order valence-corrected chi connectivity index (χ0v) is 19.5. The SMILES string of the molecule is CC(NC(=O)c1c(C(F)F)nn(C)c1Oc1cccc(-c2ccccc2)c1)c1ccc(C(=O)O)cc1. The number of aromatic carboxylic acids is 1. The molecule has 0 saturated carbocycles. The van der Waals surface area contributed by atoms with Gasteiger partial charge >= 0.3 is 5.97 Å². The van der Waals surface area contributed by atoms with Gasteiger partial charge in [-0.05, 0) is 47.9 Å². The number of aromatic nitrogens is 2. The number of rotatable bonds is 8. The van der Waals surface area contributed by atoms with Crippen LogP contribution in [0.4, 0.5) is 8.78 Å². The van der Waals surface area contributed by atoms with Crippen LogP contribution < -0.4 is 10.1 Å². The van der Waals surface area contributed by atoms with Crippen molar-refractivity contribution >= 4 is 11.9 Å². The second-order valence-electron chi connectivity index (χ2n) is 8.11. The van der Waals surface area contributed by atoms with Crippen LogP contribution in [0.3, 0.4) is 0 Å². The van der Waals surface area contributed by atoms with E-state index in [2.05, 4.69) is 10.4 Å². The van der Waals surface area contributed by atoms with Crippen molar-refractivity contribution < 1.29 is 28.2 Å². The number of carboxylic acid groups (broad SMARTS) is 1. The van der Waals surface area contributed by atoms with Crippen molar-refractivity contribution in [1.82, 2.24) is 15.1 Å². The van der Waals surface area contributed by atoms with E-state index in [1.165, 1.54) is 19.2 Å². The third-order valence-electron chi connectivity index (χ3n) is 5.62. The molecule has 0 radical (unpaired) electrons. The number of amides is 1. The summed E-state index contributed by atoms with van der Waals surface area (Å²) in [6, 6.07) is 22.0. The summed E-state index contributed by atoms with van der Waals surface area (Å²) in [4.78, 5) is 24.2. The topological polar surface area (TPSA) is 93.5 Å². The molecule has 1 heterocycles. The van der Waals surface area contributed by atoms with Crippen molar-refractivity contribution in [3.8, 4) is 22.8 Å². The van der Waals surface area contributed by atoms with E-state index in [1.807, 2.05) is 36.4 Å². The number of carbonyl (C=O) groups excluding carboxylic acids is 1. The summed E-state index contributed by atoms with van der Waals surface area (Å²) in [6.07, 6.45) is -3.00. The van der Waals surface area contributed by atoms with Crippen molar-refractivity contribution in [3.05, 3.63) is 101 Å². The average molecular weight is 491 g/mol. The number of nitrogens with zero attached hydrogens (tertiary/aromatic N) is 2. The van der Waals surface area contributed by atoms with Gasteiger partial charge in [0.25, 0.3) is 12.3 Å². The maximum absolute atomic E-state index is 13.8. The van der Waals surface area contributed by atoms with Crippen molar-refractivity contribution in [2.75, 3.05) is 0 Å². The third kappa shape index (κ3) is 5.25. The molecule has 4 rings (SSSR count). The smallest absolute Gasteiger partial charge is 0.335 e. The van der Waals surface area contributed by atoms with Crippen LogP contribution in [-0.2, 0) is 7.05 Å². The summed E-state index contributed by atoms with van der Waals surface area (Å²) in [5.41, 5.74) is 1.44. The van der Waals surface area contributed by atoms with Gasteiger partial charge in [-0.25, -0.2) is 18.3 Å². The quantitative estimate of drug-likeness (QED) is 0.315. The predicted octanol–water partition coefficient (Wildman–Crippen LogP) is 6.01. The van der Waals surface area contributed by atoms with Crippen molar-refractivity contribution in [1.29, 1.82) is 0 Å². The number of hydrogen-bond donors (Lipinski definition) is 2. The van der Waals surface area contributed by atoms with Gasteiger partial charge in [0.15, 0.2) is 0 Å². The summed E-state index contributed by atoms with van der Waals surface area (Å²) < 4.78 is 34.7. The van der Waals surface area contributed by atoms with E-state index >= 15 is 0 Å². The molecule has 184 valence electrons. The Kier molecular flexibility index (Phi) is 7.10. The molecule has 0 aliphatic carbocycles. The molecule has 0 saturated heterocycles. The minimum atomic E-state index is -3.00. The first-order valence-electron chi connectivity index (χ1n) is 11.1. The van der Waals surface area contributed by atoms with E-state index in [0.29, 0.717) is 11.3 Å². The Morgan fingerprint density at radius 1 is 0.972 bits per heavy atom. The van der Waals surface area contributed by atoms with Crippen molar-refractivity contribution in [3.63, 3.8) is 0 Å². The summed E-state index contributed by atoms with van der Waals surface area (Å²) in [6.45, 7) is 1.66. The molecule has 2 N–H and O–H groups in total. The van der Waals surface area contributed by atoms with E-state index in [1.54, 1.807) is 37.3 Å². The van der Waals surface area contributed by atoms with Gasteiger partial charge in [0, 0.05) is 7.05 Å². The first-order valence-corrected chi connectivity index (χ1v) is 11.1. The van der Waals surface area contributed by atoms with E-state index in [0.717, 1.165) is 15.8 Å². The lowest BCUT2D eigenvalue weighted by Crippen LogP contribution is -2.27. The highest BCUT2D eigenvalue weighted by Gasteiger charge is 2.30. The molecule has 36 heavy (non-hydrogen) atoms. The Morgan fingerprint density at radius 3 is 2.28 bits per heavy atom. The fourth-order valence-corrected chi connectivity index (χ4v) is 3.76. The number of carboxylic acids is 1. The van der Waals surface area contributed by atoms with Crippen LogP contribution in [0.2, 0.25) is 0 Å². The van der Waals surface area contributed by atoms with Gasteiger partial charge in [-0.2, -0.15) is 5.10 Å². The predicted molar refractivity (Wildman–Crippen MR) is 129 cm³/mol. The lowest BCUT2D eigenvalue weighted by atomic mass is 10.1. The Morgan fingerprint density at radius 2 is 1.64 bits per heavy atom. The molecule has 4 aromatic rings. The lowest BCUT2D eigenvalue weighted by Gasteiger charge is -2.16. The van der Waals surface area contributed by atoms with Gasteiger partial charge in [0.2, 0.25) is 5.88 Å². The summed E-state index contributed by atoms with van der Waals surface area (Å²) in [5.74, 6) is -1.64. The van der Waals surface area contributed by atoms with Gasteiger partial charge in [-0.1, -0.05) is 54.6 Å². The molecule has 1 amide bonds. The first-order chi connectivity index (χ1) is 17.2. The number of benzene rings is 3. The van der Waals surface area contributed by atoms with Crippen molar-refractivity contribution in [2.45, 2.75) is 19.4 Å². The molecule has 0 bridgehead atoms. The monoisotopic (exact) mass is 491 g/mol. The number of nitrogens with one attached hydrogen (secondary N) is 1. The molecule has 1 unspecified atom stereocenters. The zero-order chi connectivity index (χ0) is 25.8. The summed E-state index contributed by atoms with van der Waals surface area (Å²) >= 11 is 0. The molecule has 7 nitrogen and oxygen atoms in total. The molecule has 0 aliphatic rings. The Labute approximate surface area is 206 Å². The summed E-state index contributed by atoms with van der Waals surface area (Å²) in [7, 11) is 1.42. The fraction of sp³-hybridized carbons (Fsp3) is 0.148. The highest BCUT2D eigenvalue weighted by Crippen LogP contribution is 2.34. The molecule has 1 aromatic heterocycles. The third-order valence-corrected chi connectivity index (χ3v) is 5.62. The lowest BCUT2D eigenvalue weighted by molar-refractivity contribution is 0.0696. The van der Waals surface area contributed by atoms with Gasteiger partial charge in [0.1, 0.15) is 17.0 Å². The first kappa shape index (κ1) is 24.6. The van der Waals surface area contributed by atoms with E-state index < -0.39 is 30.0 Å². The molecule has 0 fully saturated rings. The van der Waals surface area contributed by atoms with E-state index in [4.69, 9.17) is 9.84 Å². The van der Waals surface area contributed by atoms with Crippen LogP contribution in [0, 0.1) is 0 Å².